The van der Waals surface area contributed by atoms with E-state index in [9.17, 15) is 9.59 Å². The number of halogens is 1. The van der Waals surface area contributed by atoms with Crippen molar-refractivity contribution in [3.63, 3.8) is 0 Å². The van der Waals surface area contributed by atoms with Crippen molar-refractivity contribution in [1.29, 1.82) is 0 Å². The lowest BCUT2D eigenvalue weighted by atomic mass is 9.83. The minimum Gasteiger partial charge on any atom is -0.369 e. The number of nitrogens with two attached hydrogens (primary N) is 1. The van der Waals surface area contributed by atoms with E-state index in [2.05, 4.69) is 0 Å². The molecule has 0 radical (unpaired) electrons. The summed E-state index contributed by atoms with van der Waals surface area (Å²) in [5.41, 5.74) is 6.46. The smallest absolute Gasteiger partial charge is 0.230 e. The molecule has 2 N–H and O–H groups in total. The zero-order chi connectivity index (χ0) is 17.1. The van der Waals surface area contributed by atoms with Gasteiger partial charge in [0.1, 0.15) is 0 Å². The van der Waals surface area contributed by atoms with Gasteiger partial charge >= 0.3 is 0 Å². The third-order valence-corrected chi connectivity index (χ3v) is 5.83. The molecule has 1 saturated carbocycles. The SMILES string of the molecule is NC(=O)C1CCN(C(=O)C(c2ccc(Cl)cc2)C2CCCC2)CC1. The third kappa shape index (κ3) is 3.75. The number of benzene rings is 1. The molecule has 1 saturated heterocycles. The Balaban J connectivity index is 1.76. The van der Waals surface area contributed by atoms with Crippen LogP contribution in [-0.4, -0.2) is 29.8 Å². The van der Waals surface area contributed by atoms with Crippen LogP contribution < -0.4 is 5.73 Å². The van der Waals surface area contributed by atoms with Gasteiger partial charge in [0, 0.05) is 24.0 Å². The molecule has 5 heteroatoms. The number of nitrogens with zero attached hydrogens (tertiary/aromatic N) is 1. The quantitative estimate of drug-likeness (QED) is 0.907. The zero-order valence-corrected chi connectivity index (χ0v) is 14.7. The van der Waals surface area contributed by atoms with E-state index in [1.165, 1.54) is 12.8 Å². The predicted octanol–water partition coefficient (Wildman–Crippen LogP) is 3.34. The summed E-state index contributed by atoms with van der Waals surface area (Å²) in [6.07, 6.45) is 5.98. The van der Waals surface area contributed by atoms with E-state index >= 15 is 0 Å². The maximum Gasteiger partial charge on any atom is 0.230 e. The van der Waals surface area contributed by atoms with Crippen molar-refractivity contribution in [2.24, 2.45) is 17.6 Å². The minimum absolute atomic E-state index is 0.0881. The topological polar surface area (TPSA) is 63.4 Å². The van der Waals surface area contributed by atoms with Gasteiger partial charge < -0.3 is 10.6 Å². The highest BCUT2D eigenvalue weighted by Gasteiger charge is 2.36. The number of primary amides is 1. The molecule has 0 spiro atoms. The number of rotatable bonds is 4. The van der Waals surface area contributed by atoms with Gasteiger partial charge in [0.15, 0.2) is 0 Å². The highest BCUT2D eigenvalue weighted by atomic mass is 35.5. The molecule has 0 bridgehead atoms. The summed E-state index contributed by atoms with van der Waals surface area (Å²) in [4.78, 5) is 26.5. The molecule has 24 heavy (non-hydrogen) atoms. The number of likely N-dealkylation sites (tertiary alicyclic amines) is 1. The largest absolute Gasteiger partial charge is 0.369 e. The van der Waals surface area contributed by atoms with Gasteiger partial charge in [-0.3, -0.25) is 9.59 Å². The first-order chi connectivity index (χ1) is 11.6. The van der Waals surface area contributed by atoms with Gasteiger partial charge in [0.25, 0.3) is 0 Å². The van der Waals surface area contributed by atoms with E-state index in [0.717, 1.165) is 18.4 Å². The normalized spacial score (nSPS) is 21.0. The molecular weight excluding hydrogens is 324 g/mol. The molecule has 4 nitrogen and oxygen atoms in total. The monoisotopic (exact) mass is 348 g/mol. The van der Waals surface area contributed by atoms with Gasteiger partial charge in [-0.25, -0.2) is 0 Å². The maximum atomic E-state index is 13.2. The number of hydrogen-bond donors (Lipinski definition) is 1. The highest BCUT2D eigenvalue weighted by molar-refractivity contribution is 6.30. The fraction of sp³-hybridized carbons (Fsp3) is 0.579. The molecule has 2 aliphatic rings. The minimum atomic E-state index is -0.243. The molecular formula is C19H25ClN2O2. The van der Waals surface area contributed by atoms with Crippen LogP contribution in [0.2, 0.25) is 5.02 Å². The number of carbonyl (C=O) groups is 2. The van der Waals surface area contributed by atoms with Crippen molar-refractivity contribution < 1.29 is 9.59 Å². The van der Waals surface area contributed by atoms with Gasteiger partial charge in [-0.1, -0.05) is 36.6 Å². The van der Waals surface area contributed by atoms with E-state index in [1.807, 2.05) is 29.2 Å². The summed E-state index contributed by atoms with van der Waals surface area (Å²) >= 11 is 6.01. The lowest BCUT2D eigenvalue weighted by Gasteiger charge is -2.35. The molecule has 1 aliphatic heterocycles. The second-order valence-corrected chi connectivity index (χ2v) is 7.51. The highest BCUT2D eigenvalue weighted by Crippen LogP contribution is 2.39. The molecule has 3 rings (SSSR count). The van der Waals surface area contributed by atoms with E-state index in [4.69, 9.17) is 17.3 Å². The Morgan fingerprint density at radius 3 is 2.17 bits per heavy atom. The Kier molecular flexibility index (Phi) is 5.44. The van der Waals surface area contributed by atoms with Gasteiger partial charge in [-0.05, 0) is 49.3 Å². The molecule has 0 aromatic heterocycles. The Morgan fingerprint density at radius 2 is 1.62 bits per heavy atom. The Morgan fingerprint density at radius 1 is 1.04 bits per heavy atom. The fourth-order valence-electron chi connectivity index (χ4n) is 4.16. The van der Waals surface area contributed by atoms with Crippen LogP contribution in [0.1, 0.15) is 50.0 Å². The molecule has 2 fully saturated rings. The molecule has 1 aliphatic carbocycles. The lowest BCUT2D eigenvalue weighted by molar-refractivity contribution is -0.137. The molecule has 1 atom stereocenters. The molecule has 1 unspecified atom stereocenters. The summed E-state index contributed by atoms with van der Waals surface area (Å²) in [6.45, 7) is 1.26. The van der Waals surface area contributed by atoms with Crippen LogP contribution in [0.5, 0.6) is 0 Å². The molecule has 1 aromatic carbocycles. The summed E-state index contributed by atoms with van der Waals surface area (Å²) < 4.78 is 0. The van der Waals surface area contributed by atoms with Gasteiger partial charge in [0.2, 0.25) is 11.8 Å². The second kappa shape index (κ2) is 7.56. The summed E-state index contributed by atoms with van der Waals surface area (Å²) in [5.74, 6) is 0.191. The first kappa shape index (κ1) is 17.3. The van der Waals surface area contributed by atoms with Crippen LogP contribution in [0.3, 0.4) is 0 Å². The Labute approximate surface area is 148 Å². The first-order valence-electron chi connectivity index (χ1n) is 8.90. The van der Waals surface area contributed by atoms with Crippen LogP contribution in [0.4, 0.5) is 0 Å². The van der Waals surface area contributed by atoms with Crippen LogP contribution in [0.25, 0.3) is 0 Å². The zero-order valence-electron chi connectivity index (χ0n) is 13.9. The van der Waals surface area contributed by atoms with Gasteiger partial charge in [-0.2, -0.15) is 0 Å². The lowest BCUT2D eigenvalue weighted by Crippen LogP contribution is -2.44. The average molecular weight is 349 g/mol. The first-order valence-corrected chi connectivity index (χ1v) is 9.27. The van der Waals surface area contributed by atoms with Crippen molar-refractivity contribution in [2.45, 2.75) is 44.4 Å². The van der Waals surface area contributed by atoms with Crippen molar-refractivity contribution >= 4 is 23.4 Å². The number of hydrogen-bond acceptors (Lipinski definition) is 2. The van der Waals surface area contributed by atoms with Gasteiger partial charge in [-0.15, -0.1) is 0 Å². The van der Waals surface area contributed by atoms with Gasteiger partial charge in [0.05, 0.1) is 5.92 Å². The second-order valence-electron chi connectivity index (χ2n) is 7.08. The predicted molar refractivity (Wildman–Crippen MR) is 94.6 cm³/mol. The molecule has 1 aromatic rings. The fourth-order valence-corrected chi connectivity index (χ4v) is 4.28. The number of amides is 2. The van der Waals surface area contributed by atoms with Crippen LogP contribution in [-0.2, 0) is 9.59 Å². The van der Waals surface area contributed by atoms with Crippen molar-refractivity contribution in [3.05, 3.63) is 34.9 Å². The van der Waals surface area contributed by atoms with E-state index in [1.54, 1.807) is 0 Å². The third-order valence-electron chi connectivity index (χ3n) is 5.58. The van der Waals surface area contributed by atoms with E-state index in [0.29, 0.717) is 36.9 Å². The summed E-state index contributed by atoms with van der Waals surface area (Å²) in [5, 5.41) is 0.693. The average Bonchev–Trinajstić information content (AvgIpc) is 3.11. The van der Waals surface area contributed by atoms with E-state index < -0.39 is 0 Å². The van der Waals surface area contributed by atoms with Crippen LogP contribution in [0, 0.1) is 11.8 Å². The molecule has 130 valence electrons. The standard InChI is InChI=1S/C19H25ClN2O2/c20-16-7-5-14(6-8-16)17(13-3-1-2-4-13)19(24)22-11-9-15(10-12-22)18(21)23/h5-8,13,15,17H,1-4,9-12H2,(H2,21,23). The molecule has 2 amide bonds. The van der Waals surface area contributed by atoms with Crippen molar-refractivity contribution in [1.82, 2.24) is 4.90 Å². The van der Waals surface area contributed by atoms with Crippen molar-refractivity contribution in [3.8, 4) is 0 Å². The van der Waals surface area contributed by atoms with Crippen molar-refractivity contribution in [2.75, 3.05) is 13.1 Å². The van der Waals surface area contributed by atoms with E-state index in [-0.39, 0.29) is 23.7 Å². The number of carbonyl (C=O) groups excluding carboxylic acids is 2. The van der Waals surface area contributed by atoms with Crippen LogP contribution >= 0.6 is 11.6 Å². The summed E-state index contributed by atoms with van der Waals surface area (Å²) in [6, 6.07) is 7.70. The number of piperidine rings is 1. The van der Waals surface area contributed by atoms with Crippen LogP contribution in [0.15, 0.2) is 24.3 Å². The Hall–Kier alpha value is -1.55. The maximum absolute atomic E-state index is 13.2. The summed E-state index contributed by atoms with van der Waals surface area (Å²) in [7, 11) is 0. The Bertz CT molecular complexity index is 588. The molecule has 1 heterocycles.